The van der Waals surface area contributed by atoms with Crippen LogP contribution in [-0.2, 0) is 21.4 Å². The van der Waals surface area contributed by atoms with Crippen molar-refractivity contribution in [3.8, 4) is 0 Å². The van der Waals surface area contributed by atoms with Crippen molar-refractivity contribution in [3.05, 3.63) is 64.7 Å². The van der Waals surface area contributed by atoms with E-state index in [4.69, 9.17) is 11.6 Å². The Bertz CT molecular complexity index is 818. The molecule has 0 aliphatic heterocycles. The van der Waals surface area contributed by atoms with Crippen LogP contribution in [0.15, 0.2) is 48.5 Å². The Morgan fingerprint density at radius 1 is 1.08 bits per heavy atom. The molecule has 25 heavy (non-hydrogen) atoms. The third-order valence-corrected chi connectivity index (χ3v) is 5.17. The molecule has 5 nitrogen and oxygen atoms in total. The summed E-state index contributed by atoms with van der Waals surface area (Å²) in [6.45, 7) is 2.33. The second-order valence-corrected chi connectivity index (χ2v) is 8.31. The minimum atomic E-state index is -3.41. The van der Waals surface area contributed by atoms with Crippen LogP contribution in [-0.4, -0.2) is 31.4 Å². The van der Waals surface area contributed by atoms with Gasteiger partial charge in [0.1, 0.15) is 0 Å². The number of amides is 1. The molecule has 0 saturated heterocycles. The number of carbonyl (C=O) groups is 1. The molecule has 0 atom stereocenters. The lowest BCUT2D eigenvalue weighted by atomic mass is 10.1. The van der Waals surface area contributed by atoms with Crippen molar-refractivity contribution < 1.29 is 13.2 Å². The summed E-state index contributed by atoms with van der Waals surface area (Å²) >= 11 is 5.80. The number of carbonyl (C=O) groups excluding carboxylic acids is 1. The first-order chi connectivity index (χ1) is 11.7. The minimum Gasteiger partial charge on any atom is -0.326 e. The molecular formula is C18H21ClN2O3S. The van der Waals surface area contributed by atoms with Crippen molar-refractivity contribution in [2.45, 2.75) is 19.9 Å². The number of hydrogen-bond acceptors (Lipinski definition) is 3. The zero-order chi connectivity index (χ0) is 18.4. The van der Waals surface area contributed by atoms with Crippen LogP contribution >= 0.6 is 11.6 Å². The molecule has 2 aromatic carbocycles. The lowest BCUT2D eigenvalue weighted by Gasteiger charge is -2.20. The SMILES string of the molecule is Cc1ccc(CN(CCC(=O)Nc2ccc(Cl)cc2)S(C)(=O)=O)cc1. The highest BCUT2D eigenvalue weighted by molar-refractivity contribution is 7.88. The number of sulfonamides is 1. The number of rotatable bonds is 7. The molecular weight excluding hydrogens is 360 g/mol. The number of halogens is 1. The standard InChI is InChI=1S/C18H21ClN2O3S/c1-14-3-5-15(6-4-14)13-21(25(2,23)24)12-11-18(22)20-17-9-7-16(19)8-10-17/h3-10H,11-13H2,1-2H3,(H,20,22). The van der Waals surface area contributed by atoms with Crippen LogP contribution in [0.4, 0.5) is 5.69 Å². The molecule has 1 N–H and O–H groups in total. The summed E-state index contributed by atoms with van der Waals surface area (Å²) < 4.78 is 25.3. The fraction of sp³-hybridized carbons (Fsp3) is 0.278. The molecule has 0 saturated carbocycles. The van der Waals surface area contributed by atoms with Gasteiger partial charge in [-0.05, 0) is 36.8 Å². The summed E-state index contributed by atoms with van der Waals surface area (Å²) in [7, 11) is -3.41. The summed E-state index contributed by atoms with van der Waals surface area (Å²) in [6.07, 6.45) is 1.22. The Hall–Kier alpha value is -1.89. The molecule has 134 valence electrons. The van der Waals surface area contributed by atoms with E-state index in [1.165, 1.54) is 4.31 Å². The normalized spacial score (nSPS) is 11.5. The van der Waals surface area contributed by atoms with Crippen LogP contribution in [0, 0.1) is 6.92 Å². The highest BCUT2D eigenvalue weighted by Gasteiger charge is 2.18. The van der Waals surface area contributed by atoms with E-state index in [1.807, 2.05) is 31.2 Å². The van der Waals surface area contributed by atoms with E-state index in [1.54, 1.807) is 24.3 Å². The molecule has 0 bridgehead atoms. The first-order valence-corrected chi connectivity index (χ1v) is 10.0. The molecule has 0 spiro atoms. The van der Waals surface area contributed by atoms with Crippen LogP contribution in [0.3, 0.4) is 0 Å². The van der Waals surface area contributed by atoms with E-state index < -0.39 is 10.0 Å². The Balaban J connectivity index is 1.96. The Kier molecular flexibility index (Phi) is 6.58. The van der Waals surface area contributed by atoms with Crippen LogP contribution < -0.4 is 5.32 Å². The highest BCUT2D eigenvalue weighted by Crippen LogP contribution is 2.14. The maximum absolute atomic E-state index is 12.1. The predicted molar refractivity (Wildman–Crippen MR) is 101 cm³/mol. The van der Waals surface area contributed by atoms with Crippen LogP contribution in [0.25, 0.3) is 0 Å². The lowest BCUT2D eigenvalue weighted by Crippen LogP contribution is -2.32. The van der Waals surface area contributed by atoms with E-state index in [0.29, 0.717) is 10.7 Å². The number of aryl methyl sites for hydroxylation is 1. The molecule has 0 aromatic heterocycles. The zero-order valence-corrected chi connectivity index (χ0v) is 15.8. The minimum absolute atomic E-state index is 0.0710. The maximum Gasteiger partial charge on any atom is 0.225 e. The van der Waals surface area contributed by atoms with E-state index in [9.17, 15) is 13.2 Å². The van der Waals surface area contributed by atoms with E-state index in [-0.39, 0.29) is 25.4 Å². The second kappa shape index (κ2) is 8.47. The van der Waals surface area contributed by atoms with Crippen molar-refractivity contribution >= 4 is 33.2 Å². The van der Waals surface area contributed by atoms with Gasteiger partial charge in [0.05, 0.1) is 6.26 Å². The van der Waals surface area contributed by atoms with Gasteiger partial charge in [0, 0.05) is 30.2 Å². The topological polar surface area (TPSA) is 66.5 Å². The smallest absolute Gasteiger partial charge is 0.225 e. The van der Waals surface area contributed by atoms with E-state index in [0.717, 1.165) is 17.4 Å². The third kappa shape index (κ3) is 6.49. The molecule has 2 rings (SSSR count). The number of benzene rings is 2. The van der Waals surface area contributed by atoms with E-state index >= 15 is 0 Å². The maximum atomic E-state index is 12.1. The number of nitrogens with one attached hydrogen (secondary N) is 1. The fourth-order valence-electron chi connectivity index (χ4n) is 2.24. The average Bonchev–Trinajstić information content (AvgIpc) is 2.54. The van der Waals surface area contributed by atoms with Crippen molar-refractivity contribution in [2.24, 2.45) is 0 Å². The first-order valence-electron chi connectivity index (χ1n) is 7.80. The monoisotopic (exact) mass is 380 g/mol. The Morgan fingerprint density at radius 2 is 1.68 bits per heavy atom. The van der Waals surface area contributed by atoms with Gasteiger partial charge >= 0.3 is 0 Å². The summed E-state index contributed by atoms with van der Waals surface area (Å²) in [5, 5.41) is 3.31. The van der Waals surface area contributed by atoms with Gasteiger partial charge in [0.2, 0.25) is 15.9 Å². The molecule has 0 fully saturated rings. The number of anilines is 1. The van der Waals surface area contributed by atoms with E-state index in [2.05, 4.69) is 5.32 Å². The number of nitrogens with zero attached hydrogens (tertiary/aromatic N) is 1. The van der Waals surface area contributed by atoms with Crippen molar-refractivity contribution in [2.75, 3.05) is 18.1 Å². The van der Waals surface area contributed by atoms with Crippen LogP contribution in [0.2, 0.25) is 5.02 Å². The second-order valence-electron chi connectivity index (χ2n) is 5.89. The van der Waals surface area contributed by atoms with Gasteiger partial charge in [-0.15, -0.1) is 0 Å². The summed E-state index contributed by atoms with van der Waals surface area (Å²) in [4.78, 5) is 12.1. The van der Waals surface area contributed by atoms with Gasteiger partial charge in [0.15, 0.2) is 0 Å². The average molecular weight is 381 g/mol. The molecule has 1 amide bonds. The summed E-state index contributed by atoms with van der Waals surface area (Å²) in [6, 6.07) is 14.4. The summed E-state index contributed by atoms with van der Waals surface area (Å²) in [5.41, 5.74) is 2.62. The largest absolute Gasteiger partial charge is 0.326 e. The van der Waals surface area contributed by atoms with Crippen LogP contribution in [0.5, 0.6) is 0 Å². The molecule has 0 unspecified atom stereocenters. The van der Waals surface area contributed by atoms with Gasteiger partial charge in [-0.2, -0.15) is 4.31 Å². The van der Waals surface area contributed by atoms with Crippen LogP contribution in [0.1, 0.15) is 17.5 Å². The highest BCUT2D eigenvalue weighted by atomic mass is 35.5. The van der Waals surface area contributed by atoms with Crippen molar-refractivity contribution in [1.82, 2.24) is 4.31 Å². The fourth-order valence-corrected chi connectivity index (χ4v) is 3.17. The molecule has 0 aliphatic carbocycles. The number of hydrogen-bond donors (Lipinski definition) is 1. The predicted octanol–water partition coefficient (Wildman–Crippen LogP) is 3.44. The molecule has 0 heterocycles. The molecule has 7 heteroatoms. The molecule has 2 aromatic rings. The van der Waals surface area contributed by atoms with Crippen molar-refractivity contribution in [1.29, 1.82) is 0 Å². The first kappa shape index (κ1) is 19.4. The van der Waals surface area contributed by atoms with Gasteiger partial charge in [0.25, 0.3) is 0 Å². The van der Waals surface area contributed by atoms with Gasteiger partial charge in [-0.25, -0.2) is 8.42 Å². The van der Waals surface area contributed by atoms with Gasteiger partial charge in [-0.3, -0.25) is 4.79 Å². The molecule has 0 radical (unpaired) electrons. The Labute approximate surface area is 153 Å². The molecule has 0 aliphatic rings. The lowest BCUT2D eigenvalue weighted by molar-refractivity contribution is -0.116. The quantitative estimate of drug-likeness (QED) is 0.800. The zero-order valence-electron chi connectivity index (χ0n) is 14.2. The van der Waals surface area contributed by atoms with Gasteiger partial charge in [-0.1, -0.05) is 41.4 Å². The van der Waals surface area contributed by atoms with Gasteiger partial charge < -0.3 is 5.32 Å². The Morgan fingerprint density at radius 3 is 2.24 bits per heavy atom. The van der Waals surface area contributed by atoms with Crippen molar-refractivity contribution in [3.63, 3.8) is 0 Å². The summed E-state index contributed by atoms with van der Waals surface area (Å²) in [5.74, 6) is -0.250. The third-order valence-electron chi connectivity index (χ3n) is 3.66.